The lowest BCUT2D eigenvalue weighted by atomic mass is 10.3. The number of hydrogen-bond acceptors (Lipinski definition) is 5. The predicted octanol–water partition coefficient (Wildman–Crippen LogP) is 1.76. The van der Waals surface area contributed by atoms with Crippen LogP contribution in [0.25, 0.3) is 0 Å². The van der Waals surface area contributed by atoms with Crippen LogP contribution in [0.1, 0.15) is 11.7 Å². The van der Waals surface area contributed by atoms with Crippen molar-refractivity contribution in [3.8, 4) is 0 Å². The van der Waals surface area contributed by atoms with Gasteiger partial charge in [0.1, 0.15) is 5.82 Å². The number of halogens is 2. The zero-order valence-electron chi connectivity index (χ0n) is 9.72. The molecule has 0 aliphatic carbocycles. The van der Waals surface area contributed by atoms with Crippen molar-refractivity contribution in [2.24, 2.45) is 0 Å². The predicted molar refractivity (Wildman–Crippen MR) is 67.2 cm³/mol. The fraction of sp³-hybridized carbons (Fsp3) is 0.200. The Bertz CT molecular complexity index is 702. The molecule has 2 rings (SSSR count). The van der Waals surface area contributed by atoms with E-state index in [-0.39, 0.29) is 21.7 Å². The summed E-state index contributed by atoms with van der Waals surface area (Å²) in [6.45, 7) is 1.49. The van der Waals surface area contributed by atoms with Crippen LogP contribution in [0, 0.1) is 12.7 Å². The number of nitrogens with one attached hydrogen (secondary N) is 1. The lowest BCUT2D eigenvalue weighted by molar-refractivity contribution is 0.387. The number of benzene rings is 1. The summed E-state index contributed by atoms with van der Waals surface area (Å²) in [5, 5.41) is 3.56. The second kappa shape index (κ2) is 5.35. The van der Waals surface area contributed by atoms with Crippen LogP contribution in [0.4, 0.5) is 4.39 Å². The van der Waals surface area contributed by atoms with Crippen LogP contribution in [-0.4, -0.2) is 18.6 Å². The molecule has 0 saturated carbocycles. The molecule has 0 radical (unpaired) electrons. The van der Waals surface area contributed by atoms with E-state index in [4.69, 9.17) is 4.52 Å². The van der Waals surface area contributed by atoms with E-state index >= 15 is 0 Å². The fourth-order valence-electron chi connectivity index (χ4n) is 1.34. The highest BCUT2D eigenvalue weighted by molar-refractivity contribution is 9.10. The van der Waals surface area contributed by atoms with E-state index in [1.54, 1.807) is 6.92 Å². The molecule has 19 heavy (non-hydrogen) atoms. The van der Waals surface area contributed by atoms with Gasteiger partial charge < -0.3 is 4.52 Å². The molecule has 0 atom stereocenters. The Labute approximate surface area is 117 Å². The molecule has 6 nitrogen and oxygen atoms in total. The van der Waals surface area contributed by atoms with Crippen molar-refractivity contribution < 1.29 is 17.3 Å². The molecule has 0 amide bonds. The minimum atomic E-state index is -3.78. The van der Waals surface area contributed by atoms with Crippen LogP contribution in [0.5, 0.6) is 0 Å². The molecular formula is C10H9BrFN3O3S. The maximum atomic E-state index is 12.9. The number of hydrogen-bond donors (Lipinski definition) is 1. The van der Waals surface area contributed by atoms with Crippen molar-refractivity contribution in [3.63, 3.8) is 0 Å². The summed E-state index contributed by atoms with van der Waals surface area (Å²) in [5.74, 6) is 0.0380. The monoisotopic (exact) mass is 349 g/mol. The first-order chi connectivity index (χ1) is 8.88. The molecule has 0 bridgehead atoms. The summed E-state index contributed by atoms with van der Waals surface area (Å²) in [5.41, 5.74) is 0. The van der Waals surface area contributed by atoms with Gasteiger partial charge in [-0.1, -0.05) is 5.16 Å². The number of sulfonamides is 1. The summed E-state index contributed by atoms with van der Waals surface area (Å²) in [6, 6.07) is 3.31. The van der Waals surface area contributed by atoms with E-state index in [0.29, 0.717) is 5.89 Å². The summed E-state index contributed by atoms with van der Waals surface area (Å²) < 4.78 is 44.1. The topological polar surface area (TPSA) is 85.1 Å². The van der Waals surface area contributed by atoms with Gasteiger partial charge in [0.25, 0.3) is 0 Å². The maximum Gasteiger partial charge on any atom is 0.242 e. The average molecular weight is 350 g/mol. The molecule has 1 N–H and O–H groups in total. The van der Waals surface area contributed by atoms with Crippen LogP contribution in [0.2, 0.25) is 0 Å². The van der Waals surface area contributed by atoms with Gasteiger partial charge in [-0.05, 0) is 34.1 Å². The van der Waals surface area contributed by atoms with Gasteiger partial charge in [0.2, 0.25) is 15.9 Å². The van der Waals surface area contributed by atoms with Crippen molar-refractivity contribution in [2.45, 2.75) is 18.4 Å². The third kappa shape index (κ3) is 3.37. The van der Waals surface area contributed by atoms with Crippen LogP contribution < -0.4 is 4.72 Å². The quantitative estimate of drug-likeness (QED) is 0.908. The van der Waals surface area contributed by atoms with Gasteiger partial charge in [-0.2, -0.15) is 4.98 Å². The average Bonchev–Trinajstić information content (AvgIpc) is 2.72. The fourth-order valence-corrected chi connectivity index (χ4v) is 3.37. The van der Waals surface area contributed by atoms with Crippen LogP contribution in [-0.2, 0) is 16.6 Å². The van der Waals surface area contributed by atoms with E-state index in [2.05, 4.69) is 30.8 Å². The summed E-state index contributed by atoms with van der Waals surface area (Å²) >= 11 is 3.00. The summed E-state index contributed by atoms with van der Waals surface area (Å²) in [7, 11) is -3.78. The third-order valence-corrected chi connectivity index (χ3v) is 4.55. The smallest absolute Gasteiger partial charge is 0.242 e. The van der Waals surface area contributed by atoms with Crippen molar-refractivity contribution in [1.82, 2.24) is 14.9 Å². The molecule has 9 heteroatoms. The number of rotatable bonds is 4. The van der Waals surface area contributed by atoms with E-state index in [9.17, 15) is 12.8 Å². The Hall–Kier alpha value is -1.32. The molecule has 0 saturated heterocycles. The number of aromatic nitrogens is 2. The standard InChI is InChI=1S/C10H9BrFN3O3S/c1-6-14-10(15-18-6)5-13-19(16,17)9-3-2-7(12)4-8(9)11/h2-4,13H,5H2,1H3. The molecule has 1 aromatic heterocycles. The van der Waals surface area contributed by atoms with E-state index < -0.39 is 15.8 Å². The van der Waals surface area contributed by atoms with Gasteiger partial charge in [-0.3, -0.25) is 0 Å². The van der Waals surface area contributed by atoms with Crippen molar-refractivity contribution in [2.75, 3.05) is 0 Å². The molecule has 1 aromatic carbocycles. The first kappa shape index (κ1) is 14.1. The minimum Gasteiger partial charge on any atom is -0.340 e. The molecule has 0 fully saturated rings. The van der Waals surface area contributed by atoms with E-state index in [1.807, 2.05) is 0 Å². The Morgan fingerprint density at radius 3 is 2.79 bits per heavy atom. The number of aryl methyl sites for hydroxylation is 1. The van der Waals surface area contributed by atoms with Crippen molar-refractivity contribution >= 4 is 26.0 Å². The molecule has 102 valence electrons. The Kier molecular flexibility index (Phi) is 3.97. The third-order valence-electron chi connectivity index (χ3n) is 2.17. The SMILES string of the molecule is Cc1nc(CNS(=O)(=O)c2ccc(F)cc2Br)no1. The molecule has 0 aliphatic rings. The van der Waals surface area contributed by atoms with E-state index in [1.165, 1.54) is 6.07 Å². The highest BCUT2D eigenvalue weighted by atomic mass is 79.9. The zero-order valence-corrected chi connectivity index (χ0v) is 12.1. The van der Waals surface area contributed by atoms with Gasteiger partial charge >= 0.3 is 0 Å². The Morgan fingerprint density at radius 1 is 1.47 bits per heavy atom. The highest BCUT2D eigenvalue weighted by Gasteiger charge is 2.18. The molecule has 1 heterocycles. The number of nitrogens with zero attached hydrogens (tertiary/aromatic N) is 2. The van der Waals surface area contributed by atoms with Gasteiger partial charge in [0, 0.05) is 11.4 Å². The van der Waals surface area contributed by atoms with Gasteiger partial charge in [0.05, 0.1) is 11.4 Å². The molecule has 0 spiro atoms. The van der Waals surface area contributed by atoms with Crippen molar-refractivity contribution in [1.29, 1.82) is 0 Å². The van der Waals surface area contributed by atoms with Crippen LogP contribution in [0.15, 0.2) is 32.1 Å². The molecule has 0 unspecified atom stereocenters. The van der Waals surface area contributed by atoms with E-state index in [0.717, 1.165) is 12.1 Å². The second-order valence-electron chi connectivity index (χ2n) is 3.63. The lowest BCUT2D eigenvalue weighted by Crippen LogP contribution is -2.24. The largest absolute Gasteiger partial charge is 0.340 e. The maximum absolute atomic E-state index is 12.9. The highest BCUT2D eigenvalue weighted by Crippen LogP contribution is 2.22. The first-order valence-electron chi connectivity index (χ1n) is 5.12. The normalized spacial score (nSPS) is 11.7. The lowest BCUT2D eigenvalue weighted by Gasteiger charge is -2.06. The Morgan fingerprint density at radius 2 is 2.21 bits per heavy atom. The van der Waals surface area contributed by atoms with Crippen LogP contribution in [0.3, 0.4) is 0 Å². The minimum absolute atomic E-state index is 0.0610. The van der Waals surface area contributed by atoms with Crippen molar-refractivity contribution in [3.05, 3.63) is 40.2 Å². The van der Waals surface area contributed by atoms with Gasteiger partial charge in [-0.15, -0.1) is 0 Å². The molecular weight excluding hydrogens is 341 g/mol. The molecule has 2 aromatic rings. The van der Waals surface area contributed by atoms with Gasteiger partial charge in [-0.25, -0.2) is 17.5 Å². The summed E-state index contributed by atoms with van der Waals surface area (Å²) in [6.07, 6.45) is 0. The Balaban J connectivity index is 2.18. The second-order valence-corrected chi connectivity index (χ2v) is 6.22. The van der Waals surface area contributed by atoms with Crippen LogP contribution >= 0.6 is 15.9 Å². The first-order valence-corrected chi connectivity index (χ1v) is 7.40. The summed E-state index contributed by atoms with van der Waals surface area (Å²) in [4.78, 5) is 3.81. The zero-order chi connectivity index (χ0) is 14.0. The van der Waals surface area contributed by atoms with Gasteiger partial charge in [0.15, 0.2) is 5.82 Å². The molecule has 0 aliphatic heterocycles.